The molecule has 46 nitrogen and oxygen atoms in total. The van der Waals surface area contributed by atoms with Crippen molar-refractivity contribution in [3.05, 3.63) is 59.7 Å². The van der Waals surface area contributed by atoms with E-state index in [2.05, 4.69) is 91.7 Å². The minimum atomic E-state index is -1.78. The number of aliphatic imine (C=N–C) groups is 2. The number of carbonyl (C=O) groups is 16. The van der Waals surface area contributed by atoms with Gasteiger partial charge in [0.05, 0.1) is 18.8 Å². The Labute approximate surface area is 779 Å². The number of aliphatic hydroxyl groups is 2. The third-order valence-corrected chi connectivity index (χ3v) is 22.3. The number of carboxylic acids is 2. The first kappa shape index (κ1) is 115. The van der Waals surface area contributed by atoms with E-state index in [0.29, 0.717) is 36.8 Å². The van der Waals surface area contributed by atoms with Crippen LogP contribution in [0.3, 0.4) is 0 Å². The Kier molecular flexibility index (Phi) is 53.0. The van der Waals surface area contributed by atoms with E-state index in [4.69, 9.17) is 45.9 Å². The van der Waals surface area contributed by atoms with Crippen molar-refractivity contribution in [3.8, 4) is 11.5 Å². The Morgan fingerprint density at radius 2 is 0.789 bits per heavy atom. The highest BCUT2D eigenvalue weighted by molar-refractivity contribution is 7.80. The van der Waals surface area contributed by atoms with Crippen LogP contribution in [0.25, 0.3) is 0 Å². The van der Waals surface area contributed by atoms with Gasteiger partial charge in [-0.3, -0.25) is 81.9 Å². The van der Waals surface area contributed by atoms with E-state index in [-0.39, 0.29) is 183 Å². The molecule has 1 heterocycles. The SMILES string of the molecule is CC[C@H](C)[C@H](NC(=O)[C@@H](N)CCCN=C(N)N)C(=O)N[C@H](C(=O)N[C@@H](CC(C)C)C(=O)N[C@@H](Cc1ccc(O)cc1)C(=O)N[C@@H](CC(C)C)C(=O)N[C@@H](CCCCN)C(=O)N[C@@H](CCC(=O)O)C(=O)N[C@@H](CCCCN)C(=O)N[C@@H](CCCCN)C(=O)N[C@@H](Cc1ccc(O)cc1)C(=O)N[C@@H](CO)C(=O)N1CCC[C@H]1C(=O)N[C@@H](CS)C(=O)N[C@@H](CCCN=C(N)N)C(=O)O)[C@@H](C)O. The number of phenols is 2. The van der Waals surface area contributed by atoms with Gasteiger partial charge < -0.3 is 151 Å². The molecule has 0 saturated carbocycles. The fourth-order valence-electron chi connectivity index (χ4n) is 14.3. The number of carboxylic acid groups (broad SMARTS) is 2. The largest absolute Gasteiger partial charge is 0.508 e. The normalized spacial score (nSPS) is 16.0. The topological polar surface area (TPSA) is 787 Å². The molecule has 1 fully saturated rings. The molecule has 1 aliphatic rings. The van der Waals surface area contributed by atoms with Gasteiger partial charge in [-0.05, 0) is 195 Å². The number of amides is 14. The van der Waals surface area contributed by atoms with Crippen LogP contribution in [0, 0.1) is 17.8 Å². The van der Waals surface area contributed by atoms with Crippen LogP contribution in [-0.4, -0.2) is 290 Å². The highest BCUT2D eigenvalue weighted by Gasteiger charge is 2.43. The highest BCUT2D eigenvalue weighted by atomic mass is 32.1. The van der Waals surface area contributed by atoms with E-state index in [9.17, 15) is 107 Å². The molecule has 0 aliphatic carbocycles. The molecule has 0 spiro atoms. The number of carbonyl (C=O) groups excluding carboxylic acids is 14. The summed E-state index contributed by atoms with van der Waals surface area (Å²) < 4.78 is 0. The van der Waals surface area contributed by atoms with E-state index in [0.717, 1.165) is 4.90 Å². The van der Waals surface area contributed by atoms with Gasteiger partial charge in [0, 0.05) is 44.6 Å². The average molecular weight is 1900 g/mol. The Hall–Kier alpha value is -11.8. The lowest BCUT2D eigenvalue weighted by Gasteiger charge is -2.30. The zero-order chi connectivity index (χ0) is 99.7. The third-order valence-electron chi connectivity index (χ3n) is 21.9. The summed E-state index contributed by atoms with van der Waals surface area (Å²) in [6.07, 6.45) is -1.73. The van der Waals surface area contributed by atoms with Gasteiger partial charge in [0.25, 0.3) is 0 Å². The number of hydrogen-bond donors (Lipinski definition) is 28. The second kappa shape index (κ2) is 61.1. The molecule has 17 atom stereocenters. The van der Waals surface area contributed by atoms with Crippen LogP contribution >= 0.6 is 12.6 Å². The fourth-order valence-corrected chi connectivity index (χ4v) is 14.5. The second-order valence-corrected chi connectivity index (χ2v) is 34.3. The van der Waals surface area contributed by atoms with E-state index in [1.54, 1.807) is 41.5 Å². The number of nitrogens with one attached hydrogen (secondary N) is 13. The van der Waals surface area contributed by atoms with Crippen LogP contribution < -0.4 is 115 Å². The van der Waals surface area contributed by atoms with Crippen molar-refractivity contribution < 1.29 is 107 Å². The number of benzene rings is 2. The van der Waals surface area contributed by atoms with E-state index < -0.39 is 217 Å². The zero-order valence-corrected chi connectivity index (χ0v) is 77.8. The Morgan fingerprint density at radius 3 is 1.17 bits per heavy atom. The van der Waals surface area contributed by atoms with E-state index in [1.165, 1.54) is 55.5 Å². The lowest BCUT2D eigenvalue weighted by atomic mass is 9.96. The minimum Gasteiger partial charge on any atom is -0.508 e. The molecule has 14 amide bonds. The van der Waals surface area contributed by atoms with E-state index in [1.807, 2.05) is 0 Å². The quantitative estimate of drug-likeness (QED) is 0.0127. The predicted molar refractivity (Wildman–Crippen MR) is 495 cm³/mol. The number of rotatable bonds is 64. The van der Waals surface area contributed by atoms with Gasteiger partial charge in [-0.25, -0.2) is 4.79 Å². The zero-order valence-electron chi connectivity index (χ0n) is 76.9. The number of nitrogens with two attached hydrogens (primary N) is 8. The molecule has 2 aromatic rings. The van der Waals surface area contributed by atoms with Crippen molar-refractivity contribution in [2.45, 2.75) is 286 Å². The first-order chi connectivity index (χ1) is 62.9. The summed E-state index contributed by atoms with van der Waals surface area (Å²) in [5.41, 5.74) is 46.1. The summed E-state index contributed by atoms with van der Waals surface area (Å²) in [6.45, 7) is 11.0. The van der Waals surface area contributed by atoms with Gasteiger partial charge in [-0.1, -0.05) is 72.2 Å². The molecule has 0 aromatic heterocycles. The molecule has 3 rings (SSSR count). The van der Waals surface area contributed by atoms with Crippen molar-refractivity contribution in [1.29, 1.82) is 0 Å². The number of hydrogen-bond acceptors (Lipinski definition) is 27. The summed E-state index contributed by atoms with van der Waals surface area (Å²) in [5, 5.41) is 95.7. The summed E-state index contributed by atoms with van der Waals surface area (Å²) in [4.78, 5) is 236. The van der Waals surface area contributed by atoms with Gasteiger partial charge in [-0.15, -0.1) is 0 Å². The maximum absolute atomic E-state index is 15.0. The van der Waals surface area contributed by atoms with Gasteiger partial charge in [-0.2, -0.15) is 12.6 Å². The summed E-state index contributed by atoms with van der Waals surface area (Å²) in [5.74, 6) is -18.4. The Balaban J connectivity index is 2.01. The number of aromatic hydroxyl groups is 2. The molecule has 35 N–H and O–H groups in total. The number of aliphatic hydroxyl groups excluding tert-OH is 2. The molecule has 746 valence electrons. The van der Waals surface area contributed by atoms with Gasteiger partial charge in [0.15, 0.2) is 11.9 Å². The lowest BCUT2D eigenvalue weighted by Crippen LogP contribution is -2.62. The number of aliphatic carboxylic acids is 2. The molecule has 133 heavy (non-hydrogen) atoms. The number of nitrogens with zero attached hydrogens (tertiary/aromatic N) is 3. The molecular formula is C86H144N24O22S. The minimum absolute atomic E-state index is 0.0448. The van der Waals surface area contributed by atoms with Crippen LogP contribution in [0.1, 0.15) is 188 Å². The van der Waals surface area contributed by atoms with Gasteiger partial charge in [0.2, 0.25) is 82.7 Å². The van der Waals surface area contributed by atoms with Crippen molar-refractivity contribution in [3.63, 3.8) is 0 Å². The number of thiol groups is 1. The summed E-state index contributed by atoms with van der Waals surface area (Å²) >= 11 is 4.19. The van der Waals surface area contributed by atoms with Crippen molar-refractivity contribution >= 4 is 119 Å². The van der Waals surface area contributed by atoms with Crippen LogP contribution in [0.5, 0.6) is 11.5 Å². The maximum atomic E-state index is 15.0. The molecule has 1 aliphatic heterocycles. The van der Waals surface area contributed by atoms with Crippen LogP contribution in [-0.2, 0) is 89.6 Å². The number of guanidine groups is 2. The van der Waals surface area contributed by atoms with Crippen molar-refractivity contribution in [2.75, 3.05) is 51.6 Å². The summed E-state index contributed by atoms with van der Waals surface area (Å²) in [6, 6.07) is -11.6. The average Bonchev–Trinajstić information content (AvgIpc) is 1.72. The highest BCUT2D eigenvalue weighted by Crippen LogP contribution is 2.22. The molecule has 47 heteroatoms. The number of unbranched alkanes of at least 4 members (excludes halogenated alkanes) is 3. The second-order valence-electron chi connectivity index (χ2n) is 34.0. The number of phenolic OH excluding ortho intramolecular Hbond substituents is 2. The van der Waals surface area contributed by atoms with Crippen LogP contribution in [0.15, 0.2) is 58.5 Å². The van der Waals surface area contributed by atoms with Crippen molar-refractivity contribution in [2.24, 2.45) is 73.6 Å². The van der Waals surface area contributed by atoms with Gasteiger partial charge in [0.1, 0.15) is 96.1 Å². The standard InChI is InChI=1S/C86H144N24O22S/c1-8-48(6)68(108-70(117)54(90)18-15-37-95-85(91)92)81(128)109-69(49(7)112)82(129)105-61(41-47(4)5)76(123)104-62(42-50-24-28-52(113)29-25-50)77(124)102-60(40-46(2)3)75(122)99-56(20-10-13-35-88)72(119)100-58(32-33-67(115)116)74(121)98-55(19-9-12-34-87)71(118)97-57(21-11-14-36-89)73(120)103-63(43-51-26-30-53(114)31-27-51)78(125)106-64(44-111)83(130)110-39-17-23-66(110)80(127)107-65(45-133)79(126)101-59(84(131)132)22-16-38-96-86(93)94/h24-31,46-49,54-66,68-69,111-114,133H,8-23,32-45,87-90H2,1-7H3,(H,97,118)(H,98,121)(H,99,122)(H,100,119)(H,101,126)(H,102,124)(H,103,120)(H,104,123)(H,105,129)(H,106,125)(H,107,127)(H,108,117)(H,109,128)(H,115,116)(H,131,132)(H4,91,92,95)(H4,93,94,96)/t48-,49+,54-,55-,56-,57-,58-,59-,60-,61-,62-,63-,64-,65-,66-,68-,69-/m0/s1. The smallest absolute Gasteiger partial charge is 0.326 e. The van der Waals surface area contributed by atoms with Crippen LogP contribution in [0.4, 0.5) is 0 Å². The third kappa shape index (κ3) is 42.8. The van der Waals surface area contributed by atoms with Gasteiger partial charge >= 0.3 is 11.9 Å². The Bertz CT molecular complexity index is 4160. The lowest BCUT2D eigenvalue weighted by molar-refractivity contribution is -0.144. The first-order valence-electron chi connectivity index (χ1n) is 45.0. The van der Waals surface area contributed by atoms with E-state index >= 15 is 0 Å². The Morgan fingerprint density at radius 1 is 0.436 bits per heavy atom. The molecular weight excluding hydrogens is 1750 g/mol. The van der Waals surface area contributed by atoms with Crippen LogP contribution in [0.2, 0.25) is 0 Å². The molecule has 0 unspecified atom stereocenters. The van der Waals surface area contributed by atoms with Crippen molar-refractivity contribution in [1.82, 2.24) is 74.0 Å². The predicted octanol–water partition coefficient (Wildman–Crippen LogP) is -5.61. The maximum Gasteiger partial charge on any atom is 0.326 e. The molecule has 1 saturated heterocycles. The molecule has 0 bridgehead atoms. The summed E-state index contributed by atoms with van der Waals surface area (Å²) in [7, 11) is 0. The monoisotopic (exact) mass is 1900 g/mol. The molecule has 2 aromatic carbocycles. The first-order valence-corrected chi connectivity index (χ1v) is 45.7. The molecule has 0 radical (unpaired) electrons. The fraction of sp³-hybridized carbons (Fsp3) is 0.651. The number of likely N-dealkylation sites (tertiary alicyclic amines) is 1.